The van der Waals surface area contributed by atoms with E-state index in [-0.39, 0.29) is 24.3 Å². The molecule has 2 amide bonds. The highest BCUT2D eigenvalue weighted by Crippen LogP contribution is 2.38. The molecule has 1 aromatic heterocycles. The number of halogens is 1. The molecule has 4 rings (SSSR count). The van der Waals surface area contributed by atoms with Crippen molar-refractivity contribution in [2.24, 2.45) is 0 Å². The average Bonchev–Trinajstić information content (AvgIpc) is 2.70. The zero-order valence-electron chi connectivity index (χ0n) is 15.1. The Morgan fingerprint density at radius 3 is 2.79 bits per heavy atom. The number of carbonyl (C=O) groups is 2. The van der Waals surface area contributed by atoms with Crippen LogP contribution < -0.4 is 15.5 Å². The largest absolute Gasteiger partial charge is 0.353 e. The first kappa shape index (κ1) is 19.0. The van der Waals surface area contributed by atoms with Crippen molar-refractivity contribution in [3.63, 3.8) is 0 Å². The number of nitrogens with zero attached hydrogens (tertiary/aromatic N) is 3. The van der Waals surface area contributed by atoms with Crippen LogP contribution in [0.5, 0.6) is 0 Å². The zero-order chi connectivity index (χ0) is 19.5. The van der Waals surface area contributed by atoms with E-state index in [1.807, 2.05) is 6.07 Å². The summed E-state index contributed by atoms with van der Waals surface area (Å²) < 4.78 is 0. The molecule has 0 saturated carbocycles. The molecule has 3 heterocycles. The second kappa shape index (κ2) is 8.36. The van der Waals surface area contributed by atoms with Gasteiger partial charge in [-0.3, -0.25) is 9.59 Å². The molecule has 146 valence electrons. The van der Waals surface area contributed by atoms with E-state index in [4.69, 9.17) is 11.6 Å². The van der Waals surface area contributed by atoms with Crippen LogP contribution in [-0.2, 0) is 9.59 Å². The Bertz CT molecular complexity index is 874. The van der Waals surface area contributed by atoms with E-state index in [0.29, 0.717) is 10.7 Å². The topological polar surface area (TPSA) is 87.2 Å². The third kappa shape index (κ3) is 4.39. The SMILES string of the molecule is O=C(CC1Sc2ccc(Cl)cc2NC1=O)NC1CCN(c2ncccn2)CC1. The first-order valence-corrected chi connectivity index (χ1v) is 10.4. The minimum Gasteiger partial charge on any atom is -0.353 e. The Labute approximate surface area is 172 Å². The minimum absolute atomic E-state index is 0.0977. The molecular weight excluding hydrogens is 398 g/mol. The highest BCUT2D eigenvalue weighted by molar-refractivity contribution is 8.01. The van der Waals surface area contributed by atoms with Crippen LogP contribution in [0.2, 0.25) is 5.02 Å². The summed E-state index contributed by atoms with van der Waals surface area (Å²) in [5.74, 6) is 0.465. The third-order valence-electron chi connectivity index (χ3n) is 4.83. The van der Waals surface area contributed by atoms with Crippen molar-refractivity contribution in [3.05, 3.63) is 41.7 Å². The standard InChI is InChI=1S/C19H20ClN5O2S/c20-12-2-3-15-14(10-12)24-18(27)16(28-15)11-17(26)23-13-4-8-25(9-5-13)19-21-6-1-7-22-19/h1-3,6-7,10,13,16H,4-5,8-9,11H2,(H,23,26)(H,24,27). The van der Waals surface area contributed by atoms with Gasteiger partial charge in [0.25, 0.3) is 0 Å². The van der Waals surface area contributed by atoms with Crippen LogP contribution in [0.15, 0.2) is 41.6 Å². The Morgan fingerprint density at radius 1 is 1.29 bits per heavy atom. The van der Waals surface area contributed by atoms with Gasteiger partial charge in [0.2, 0.25) is 17.8 Å². The number of rotatable bonds is 4. The van der Waals surface area contributed by atoms with Gasteiger partial charge in [0.15, 0.2) is 0 Å². The molecule has 9 heteroatoms. The average molecular weight is 418 g/mol. The lowest BCUT2D eigenvalue weighted by Gasteiger charge is -2.32. The number of nitrogens with one attached hydrogen (secondary N) is 2. The van der Waals surface area contributed by atoms with Gasteiger partial charge in [0.05, 0.1) is 10.9 Å². The van der Waals surface area contributed by atoms with Crippen molar-refractivity contribution in [2.45, 2.75) is 35.4 Å². The van der Waals surface area contributed by atoms with Gasteiger partial charge in [0, 0.05) is 47.9 Å². The maximum atomic E-state index is 12.5. The summed E-state index contributed by atoms with van der Waals surface area (Å²) >= 11 is 7.37. The molecule has 1 unspecified atom stereocenters. The van der Waals surface area contributed by atoms with Crippen LogP contribution in [-0.4, -0.2) is 46.2 Å². The molecule has 0 radical (unpaired) electrons. The lowest BCUT2D eigenvalue weighted by Crippen LogP contribution is -2.46. The molecule has 2 N–H and O–H groups in total. The van der Waals surface area contributed by atoms with Gasteiger partial charge in [-0.1, -0.05) is 11.6 Å². The normalized spacial score (nSPS) is 19.7. The predicted octanol–water partition coefficient (Wildman–Crippen LogP) is 2.72. The van der Waals surface area contributed by atoms with Crippen molar-refractivity contribution in [3.8, 4) is 0 Å². The number of thioether (sulfide) groups is 1. The van der Waals surface area contributed by atoms with Gasteiger partial charge in [-0.25, -0.2) is 9.97 Å². The molecule has 2 aliphatic heterocycles. The number of amides is 2. The molecule has 1 aromatic carbocycles. The number of aromatic nitrogens is 2. The van der Waals surface area contributed by atoms with Crippen molar-refractivity contribution < 1.29 is 9.59 Å². The van der Waals surface area contributed by atoms with Crippen LogP contribution >= 0.6 is 23.4 Å². The Kier molecular flexibility index (Phi) is 5.68. The van der Waals surface area contributed by atoms with E-state index in [0.717, 1.165) is 36.8 Å². The minimum atomic E-state index is -0.438. The maximum Gasteiger partial charge on any atom is 0.238 e. The van der Waals surface area contributed by atoms with Gasteiger partial charge < -0.3 is 15.5 Å². The molecular formula is C19H20ClN5O2S. The molecule has 1 fully saturated rings. The Morgan fingerprint density at radius 2 is 2.04 bits per heavy atom. The van der Waals surface area contributed by atoms with Crippen molar-refractivity contribution in [1.29, 1.82) is 0 Å². The monoisotopic (exact) mass is 417 g/mol. The fourth-order valence-corrected chi connectivity index (χ4v) is 4.65. The fourth-order valence-electron chi connectivity index (χ4n) is 3.39. The Balaban J connectivity index is 1.28. The van der Waals surface area contributed by atoms with Gasteiger partial charge in [-0.15, -0.1) is 11.8 Å². The molecule has 0 spiro atoms. The molecule has 2 aliphatic rings. The Hall–Kier alpha value is -2.32. The summed E-state index contributed by atoms with van der Waals surface area (Å²) in [4.78, 5) is 36.4. The van der Waals surface area contributed by atoms with Crippen LogP contribution in [0.25, 0.3) is 0 Å². The molecule has 7 nitrogen and oxygen atoms in total. The second-order valence-corrected chi connectivity index (χ2v) is 8.50. The second-order valence-electron chi connectivity index (χ2n) is 6.82. The highest BCUT2D eigenvalue weighted by Gasteiger charge is 2.30. The number of benzene rings is 1. The van der Waals surface area contributed by atoms with Crippen LogP contribution in [0.3, 0.4) is 0 Å². The number of anilines is 2. The van der Waals surface area contributed by atoms with E-state index in [1.54, 1.807) is 30.6 Å². The van der Waals surface area contributed by atoms with E-state index in [9.17, 15) is 9.59 Å². The first-order valence-electron chi connectivity index (χ1n) is 9.17. The summed E-state index contributed by atoms with van der Waals surface area (Å²) in [7, 11) is 0. The molecule has 28 heavy (non-hydrogen) atoms. The fraction of sp³-hybridized carbons (Fsp3) is 0.368. The first-order chi connectivity index (χ1) is 13.6. The molecule has 1 saturated heterocycles. The maximum absolute atomic E-state index is 12.5. The molecule has 1 atom stereocenters. The van der Waals surface area contributed by atoms with E-state index in [1.165, 1.54) is 11.8 Å². The summed E-state index contributed by atoms with van der Waals surface area (Å²) in [5.41, 5.74) is 0.703. The van der Waals surface area contributed by atoms with E-state index >= 15 is 0 Å². The van der Waals surface area contributed by atoms with Crippen LogP contribution in [0.1, 0.15) is 19.3 Å². The third-order valence-corrected chi connectivity index (χ3v) is 6.34. The lowest BCUT2D eigenvalue weighted by molar-refractivity contribution is -0.124. The number of fused-ring (bicyclic) bond motifs is 1. The van der Waals surface area contributed by atoms with Crippen LogP contribution in [0, 0.1) is 0 Å². The number of carbonyl (C=O) groups excluding carboxylic acids is 2. The van der Waals surface area contributed by atoms with Crippen molar-refractivity contribution in [2.75, 3.05) is 23.3 Å². The van der Waals surface area contributed by atoms with Gasteiger partial charge in [-0.2, -0.15) is 0 Å². The van der Waals surface area contributed by atoms with E-state index < -0.39 is 5.25 Å². The number of piperidine rings is 1. The summed E-state index contributed by atoms with van der Waals surface area (Å²) in [5, 5.41) is 6.04. The van der Waals surface area contributed by atoms with Crippen molar-refractivity contribution in [1.82, 2.24) is 15.3 Å². The van der Waals surface area contributed by atoms with Gasteiger partial charge >= 0.3 is 0 Å². The molecule has 2 aromatic rings. The molecule has 0 bridgehead atoms. The smallest absolute Gasteiger partial charge is 0.238 e. The van der Waals surface area contributed by atoms with Gasteiger partial charge in [0.1, 0.15) is 0 Å². The van der Waals surface area contributed by atoms with E-state index in [2.05, 4.69) is 25.5 Å². The number of hydrogen-bond acceptors (Lipinski definition) is 6. The van der Waals surface area contributed by atoms with Gasteiger partial charge in [-0.05, 0) is 37.1 Å². The zero-order valence-corrected chi connectivity index (χ0v) is 16.7. The summed E-state index contributed by atoms with van der Waals surface area (Å²) in [6.45, 7) is 1.59. The number of hydrogen-bond donors (Lipinski definition) is 2. The van der Waals surface area contributed by atoms with Crippen LogP contribution in [0.4, 0.5) is 11.6 Å². The lowest BCUT2D eigenvalue weighted by atomic mass is 10.0. The summed E-state index contributed by atoms with van der Waals surface area (Å²) in [6.07, 6.45) is 5.27. The molecule has 0 aliphatic carbocycles. The predicted molar refractivity (Wildman–Crippen MR) is 110 cm³/mol. The van der Waals surface area contributed by atoms with Crippen molar-refractivity contribution >= 4 is 46.8 Å². The summed E-state index contributed by atoms with van der Waals surface area (Å²) in [6, 6.07) is 7.28. The quantitative estimate of drug-likeness (QED) is 0.795. The highest BCUT2D eigenvalue weighted by atomic mass is 35.5.